The lowest BCUT2D eigenvalue weighted by Crippen LogP contribution is -2.25. The SMILES string of the molecule is CNC(C#N)CSc1ccc(C)cc1. The highest BCUT2D eigenvalue weighted by Crippen LogP contribution is 2.18. The quantitative estimate of drug-likeness (QED) is 0.767. The summed E-state index contributed by atoms with van der Waals surface area (Å²) in [5.74, 6) is 0.788. The van der Waals surface area contributed by atoms with Crippen LogP contribution in [0.3, 0.4) is 0 Å². The molecule has 1 aromatic carbocycles. The van der Waals surface area contributed by atoms with Gasteiger partial charge in [0, 0.05) is 10.6 Å². The normalized spacial score (nSPS) is 12.1. The van der Waals surface area contributed by atoms with Crippen molar-refractivity contribution < 1.29 is 0 Å². The van der Waals surface area contributed by atoms with Gasteiger partial charge >= 0.3 is 0 Å². The summed E-state index contributed by atoms with van der Waals surface area (Å²) in [6.07, 6.45) is 0. The second-order valence-electron chi connectivity index (χ2n) is 3.09. The Balaban J connectivity index is 2.46. The molecule has 0 bridgehead atoms. The van der Waals surface area contributed by atoms with Gasteiger partial charge in [0.15, 0.2) is 0 Å². The van der Waals surface area contributed by atoms with Crippen molar-refractivity contribution >= 4 is 11.8 Å². The number of nitrogens with zero attached hydrogens (tertiary/aromatic N) is 1. The molecule has 1 unspecified atom stereocenters. The molecule has 0 amide bonds. The second-order valence-corrected chi connectivity index (χ2v) is 4.19. The zero-order valence-electron chi connectivity index (χ0n) is 8.45. The summed E-state index contributed by atoms with van der Waals surface area (Å²) in [5.41, 5.74) is 1.26. The molecule has 0 fully saturated rings. The second kappa shape index (κ2) is 5.69. The van der Waals surface area contributed by atoms with Gasteiger partial charge in [-0.2, -0.15) is 5.26 Å². The van der Waals surface area contributed by atoms with Crippen LogP contribution in [-0.4, -0.2) is 18.8 Å². The van der Waals surface area contributed by atoms with E-state index < -0.39 is 0 Å². The van der Waals surface area contributed by atoms with Crippen LogP contribution in [0.25, 0.3) is 0 Å². The van der Waals surface area contributed by atoms with E-state index in [1.165, 1.54) is 10.5 Å². The van der Waals surface area contributed by atoms with E-state index in [0.29, 0.717) is 0 Å². The fourth-order valence-corrected chi connectivity index (χ4v) is 1.93. The van der Waals surface area contributed by atoms with Crippen molar-refractivity contribution in [1.82, 2.24) is 5.32 Å². The highest BCUT2D eigenvalue weighted by molar-refractivity contribution is 7.99. The predicted octanol–water partition coefficient (Wildman–Crippen LogP) is 2.20. The molecular weight excluding hydrogens is 192 g/mol. The van der Waals surface area contributed by atoms with Crippen molar-refractivity contribution in [2.45, 2.75) is 17.9 Å². The van der Waals surface area contributed by atoms with Crippen LogP contribution >= 0.6 is 11.8 Å². The molecule has 1 atom stereocenters. The maximum absolute atomic E-state index is 8.72. The Hall–Kier alpha value is -0.980. The number of nitriles is 1. The summed E-state index contributed by atoms with van der Waals surface area (Å²) in [5, 5.41) is 11.7. The number of benzene rings is 1. The van der Waals surface area contributed by atoms with Gasteiger partial charge in [-0.15, -0.1) is 11.8 Å². The molecule has 0 heterocycles. The summed E-state index contributed by atoms with van der Waals surface area (Å²) in [7, 11) is 1.81. The Bertz CT molecular complexity index is 313. The van der Waals surface area contributed by atoms with Crippen LogP contribution in [0.5, 0.6) is 0 Å². The first kappa shape index (κ1) is 11.1. The van der Waals surface area contributed by atoms with E-state index in [9.17, 15) is 0 Å². The van der Waals surface area contributed by atoms with Crippen LogP contribution in [0.1, 0.15) is 5.56 Å². The van der Waals surface area contributed by atoms with Crippen LogP contribution < -0.4 is 5.32 Å². The Kier molecular flexibility index (Phi) is 4.51. The van der Waals surface area contributed by atoms with Crippen LogP contribution in [0.2, 0.25) is 0 Å². The number of hydrogen-bond acceptors (Lipinski definition) is 3. The highest BCUT2D eigenvalue weighted by Gasteiger charge is 2.03. The fourth-order valence-electron chi connectivity index (χ4n) is 0.999. The predicted molar refractivity (Wildman–Crippen MR) is 60.4 cm³/mol. The first-order chi connectivity index (χ1) is 6.76. The Labute approximate surface area is 89.3 Å². The van der Waals surface area contributed by atoms with E-state index in [1.807, 2.05) is 7.05 Å². The first-order valence-electron chi connectivity index (χ1n) is 4.52. The van der Waals surface area contributed by atoms with E-state index in [1.54, 1.807) is 11.8 Å². The Morgan fingerprint density at radius 3 is 2.57 bits per heavy atom. The van der Waals surface area contributed by atoms with Crippen LogP contribution in [0, 0.1) is 18.3 Å². The third-order valence-electron chi connectivity index (χ3n) is 1.94. The van der Waals surface area contributed by atoms with Crippen LogP contribution in [-0.2, 0) is 0 Å². The minimum absolute atomic E-state index is 0.0682. The highest BCUT2D eigenvalue weighted by atomic mass is 32.2. The molecule has 1 rings (SSSR count). The Morgan fingerprint density at radius 1 is 1.43 bits per heavy atom. The standard InChI is InChI=1S/C11H14N2S/c1-9-3-5-11(6-4-9)14-8-10(7-12)13-2/h3-6,10,13H,8H2,1-2H3. The molecule has 1 aromatic rings. The lowest BCUT2D eigenvalue weighted by atomic mass is 10.2. The van der Waals surface area contributed by atoms with Gasteiger partial charge in [0.25, 0.3) is 0 Å². The molecule has 0 spiro atoms. The summed E-state index contributed by atoms with van der Waals surface area (Å²) < 4.78 is 0. The number of aryl methyl sites for hydroxylation is 1. The Morgan fingerprint density at radius 2 is 2.07 bits per heavy atom. The van der Waals surface area contributed by atoms with Crippen LogP contribution in [0.15, 0.2) is 29.2 Å². The first-order valence-corrected chi connectivity index (χ1v) is 5.51. The van der Waals surface area contributed by atoms with Gasteiger partial charge in [-0.1, -0.05) is 17.7 Å². The molecule has 0 aliphatic rings. The average Bonchev–Trinajstić information content (AvgIpc) is 2.22. The molecule has 0 saturated carbocycles. The molecular formula is C11H14N2S. The molecule has 0 saturated heterocycles. The topological polar surface area (TPSA) is 35.8 Å². The summed E-state index contributed by atoms with van der Waals surface area (Å²) in [4.78, 5) is 1.21. The molecule has 0 radical (unpaired) electrons. The number of thioether (sulfide) groups is 1. The lowest BCUT2D eigenvalue weighted by molar-refractivity contribution is 0.750. The fraction of sp³-hybridized carbons (Fsp3) is 0.364. The minimum Gasteiger partial charge on any atom is -0.304 e. The van der Waals surface area contributed by atoms with E-state index >= 15 is 0 Å². The molecule has 0 aromatic heterocycles. The molecule has 3 heteroatoms. The molecule has 74 valence electrons. The van der Waals surface area contributed by atoms with E-state index in [2.05, 4.69) is 42.6 Å². The maximum atomic E-state index is 8.72. The van der Waals surface area contributed by atoms with Gasteiger partial charge in [-0.25, -0.2) is 0 Å². The summed E-state index contributed by atoms with van der Waals surface area (Å²) in [6.45, 7) is 2.07. The molecule has 1 N–H and O–H groups in total. The van der Waals surface area contributed by atoms with Gasteiger partial charge in [-0.05, 0) is 26.1 Å². The molecule has 2 nitrogen and oxygen atoms in total. The minimum atomic E-state index is -0.0682. The van der Waals surface area contributed by atoms with E-state index in [0.717, 1.165) is 5.75 Å². The zero-order valence-corrected chi connectivity index (χ0v) is 9.27. The number of nitrogens with one attached hydrogen (secondary N) is 1. The van der Waals surface area contributed by atoms with E-state index in [4.69, 9.17) is 5.26 Å². The summed E-state index contributed by atoms with van der Waals surface area (Å²) in [6, 6.07) is 10.5. The monoisotopic (exact) mass is 206 g/mol. The van der Waals surface area contributed by atoms with Crippen LogP contribution in [0.4, 0.5) is 0 Å². The number of hydrogen-bond donors (Lipinski definition) is 1. The zero-order chi connectivity index (χ0) is 10.4. The van der Waals surface area contributed by atoms with E-state index in [-0.39, 0.29) is 6.04 Å². The maximum Gasteiger partial charge on any atom is 0.104 e. The van der Waals surface area contributed by atoms with Gasteiger partial charge in [0.1, 0.15) is 6.04 Å². The van der Waals surface area contributed by atoms with Crippen molar-refractivity contribution in [3.8, 4) is 6.07 Å². The van der Waals surface area contributed by atoms with Crippen molar-refractivity contribution in [2.75, 3.05) is 12.8 Å². The number of rotatable bonds is 4. The molecule has 14 heavy (non-hydrogen) atoms. The third kappa shape index (κ3) is 3.41. The van der Waals surface area contributed by atoms with Crippen molar-refractivity contribution in [2.24, 2.45) is 0 Å². The smallest absolute Gasteiger partial charge is 0.104 e. The van der Waals surface area contributed by atoms with Crippen molar-refractivity contribution in [3.63, 3.8) is 0 Å². The van der Waals surface area contributed by atoms with Gasteiger partial charge in [-0.3, -0.25) is 0 Å². The van der Waals surface area contributed by atoms with Gasteiger partial charge in [0.05, 0.1) is 6.07 Å². The largest absolute Gasteiger partial charge is 0.304 e. The van der Waals surface area contributed by atoms with Crippen molar-refractivity contribution in [3.05, 3.63) is 29.8 Å². The average molecular weight is 206 g/mol. The third-order valence-corrected chi connectivity index (χ3v) is 3.05. The van der Waals surface area contributed by atoms with Gasteiger partial charge in [0.2, 0.25) is 0 Å². The molecule has 0 aliphatic heterocycles. The summed E-state index contributed by atoms with van der Waals surface area (Å²) >= 11 is 1.70. The van der Waals surface area contributed by atoms with Crippen molar-refractivity contribution in [1.29, 1.82) is 5.26 Å². The molecule has 0 aliphatic carbocycles. The lowest BCUT2D eigenvalue weighted by Gasteiger charge is -2.06. The van der Waals surface area contributed by atoms with Gasteiger partial charge < -0.3 is 5.32 Å².